The molecule has 0 bridgehead atoms. The molecule has 0 saturated carbocycles. The van der Waals surface area contributed by atoms with Crippen molar-refractivity contribution in [1.82, 2.24) is 41.5 Å². The number of phosphoric acid groups is 6. The maximum absolute atomic E-state index is 11.7. The van der Waals surface area contributed by atoms with Crippen molar-refractivity contribution < 1.29 is 188 Å². The van der Waals surface area contributed by atoms with Crippen molar-refractivity contribution in [3.05, 3.63) is 98.7 Å². The second kappa shape index (κ2) is 37.2. The van der Waals surface area contributed by atoms with E-state index in [9.17, 15) is 82.8 Å². The number of phosphoric ester groups is 3. The van der Waals surface area contributed by atoms with E-state index in [1.54, 1.807) is 24.8 Å². The molecule has 102 heavy (non-hydrogen) atoms. The Kier molecular flexibility index (Phi) is 32.5. The van der Waals surface area contributed by atoms with Crippen LogP contribution in [-0.2, 0) is 82.4 Å². The van der Waals surface area contributed by atoms with E-state index < -0.39 is 171 Å². The molecule has 0 radical (unpaired) electrons. The fraction of sp³-hybridized carbons (Fsp3) is 0.533. The lowest BCUT2D eigenvalue weighted by atomic mass is 10.1. The zero-order valence-corrected chi connectivity index (χ0v) is 57.0. The van der Waals surface area contributed by atoms with Gasteiger partial charge in [0.2, 0.25) is 0 Å². The van der Waals surface area contributed by atoms with Gasteiger partial charge in [0.15, 0.2) is 48.3 Å². The second-order valence-corrected chi connectivity index (χ2v) is 29.5. The highest BCUT2D eigenvalue weighted by atomic mass is 31.3. The minimum Gasteiger partial charge on any atom is -0.463 e. The van der Waals surface area contributed by atoms with Crippen LogP contribution < -0.4 is 21.9 Å². The van der Waals surface area contributed by atoms with Crippen molar-refractivity contribution in [3.8, 4) is 0 Å². The van der Waals surface area contributed by atoms with Gasteiger partial charge in [0.1, 0.15) is 103 Å². The lowest BCUT2D eigenvalue weighted by Crippen LogP contribution is -2.42. The Balaban J connectivity index is 0.000000289. The Morgan fingerprint density at radius 2 is 0.667 bits per heavy atom. The van der Waals surface area contributed by atoms with Crippen LogP contribution in [0.4, 0.5) is 0 Å². The van der Waals surface area contributed by atoms with Crippen LogP contribution in [-0.4, -0.2) is 279 Å². The summed E-state index contributed by atoms with van der Waals surface area (Å²) >= 11 is 0. The van der Waals surface area contributed by atoms with Gasteiger partial charge in [-0.15, -0.1) is 0 Å². The predicted octanol–water partition coefficient (Wildman–Crippen LogP) is -5.04. The summed E-state index contributed by atoms with van der Waals surface area (Å²) in [7, 11) is -31.8. The standard InChI is InChI=1S/C14H21N3O6.C10H18N3O14P3.C10H17N3O11P2.C10H16N3O8P.CH4/c1-7(2)14(20)22-6-9-11(18)12(19)13(23-9)17-5-4-10(16-21)15-8(17)3;1-5-11-7(12-16)2-3-13(5)10-9(15)8(14)6(25-10)4-24-29(20,21)27-30(22,23)26-28(17,18)19;1-5-11-7(12-16)2-3-13(5)10-9(15)8(14)6(23-10)4-22-26(20,21)24-25(17,18)19;1-5-11-7(12-16)2-3-13(5)10-9(15)8(14)6(21-10)4-20-22(17,18)19;/h4-5,7,9,11-13,18-19,21H,3,6H2,1-2H3,(H,15,16);2-3,6,8-10,14-16H,1,4H2,(H,11,12)(H,20,21)(H,22,23)(H2,17,18,19);2-3,6,8-10,14-16H,1,4H2,(H,11,12)(H,20,21)(H2,17,18,19);2-3,6,8-10,14-16H,1,4H2,(H,11,12)(H2,17,18,19);1H4/t9-,11-,12-,13-;3*6-,8-,9-,10-;/m1111./s1. The van der Waals surface area contributed by atoms with Crippen molar-refractivity contribution in [2.24, 2.45) is 25.9 Å². The van der Waals surface area contributed by atoms with Crippen molar-refractivity contribution in [1.29, 1.82) is 0 Å². The Hall–Kier alpha value is -5.39. The number of aliphatic hydroxyl groups is 8. The first-order valence-electron chi connectivity index (χ1n) is 27.7. The molecule has 8 aliphatic heterocycles. The summed E-state index contributed by atoms with van der Waals surface area (Å²) < 4.78 is 117. The molecule has 4 saturated heterocycles. The maximum atomic E-state index is 11.7. The van der Waals surface area contributed by atoms with Crippen molar-refractivity contribution in [2.75, 3.05) is 26.4 Å². The molecule has 8 rings (SSSR count). The minimum absolute atomic E-state index is 0. The van der Waals surface area contributed by atoms with Crippen LogP contribution in [0.5, 0.6) is 0 Å². The van der Waals surface area contributed by atoms with Crippen molar-refractivity contribution in [2.45, 2.75) is 119 Å². The minimum atomic E-state index is -5.70. The highest BCUT2D eigenvalue weighted by Gasteiger charge is 2.52. The zero-order valence-electron chi connectivity index (χ0n) is 51.6. The third kappa shape index (κ3) is 25.7. The third-order valence-corrected chi connectivity index (χ3v) is 19.8. The quantitative estimate of drug-likeness (QED) is 0.0274. The molecule has 8 aliphatic rings. The number of ether oxygens (including phenoxy) is 5. The van der Waals surface area contributed by atoms with Gasteiger partial charge in [-0.2, -0.15) is 12.9 Å². The van der Waals surface area contributed by atoms with Crippen LogP contribution in [0.25, 0.3) is 0 Å². The summed E-state index contributed by atoms with van der Waals surface area (Å²) in [6, 6.07) is 0. The first-order chi connectivity index (χ1) is 46.6. The van der Waals surface area contributed by atoms with Gasteiger partial charge in [-0.25, -0.2) is 47.4 Å². The molecule has 19 atom stereocenters. The zero-order chi connectivity index (χ0) is 76.2. The summed E-state index contributed by atoms with van der Waals surface area (Å²) in [5, 5.41) is 115. The van der Waals surface area contributed by atoms with E-state index in [2.05, 4.69) is 72.8 Å². The van der Waals surface area contributed by atoms with E-state index in [0.717, 1.165) is 0 Å². The van der Waals surface area contributed by atoms with Gasteiger partial charge >= 0.3 is 52.9 Å². The largest absolute Gasteiger partial charge is 0.490 e. The highest BCUT2D eigenvalue weighted by Crippen LogP contribution is 2.66. The van der Waals surface area contributed by atoms with Gasteiger partial charge in [-0.3, -0.25) is 61.1 Å². The molecule has 51 nitrogen and oxygen atoms in total. The number of carbonyl (C=O) groups is 1. The molecule has 0 spiro atoms. The van der Waals surface area contributed by atoms with Gasteiger partial charge in [-0.1, -0.05) is 47.6 Å². The topological polar surface area (TPSA) is 756 Å². The van der Waals surface area contributed by atoms with Crippen LogP contribution in [0, 0.1) is 5.92 Å². The molecule has 57 heteroatoms. The van der Waals surface area contributed by atoms with Crippen molar-refractivity contribution in [3.63, 3.8) is 0 Å². The predicted molar refractivity (Wildman–Crippen MR) is 332 cm³/mol. The summed E-state index contributed by atoms with van der Waals surface area (Å²) in [6.45, 7) is 15.3. The number of carbonyl (C=O) groups excluding carboxylic acids is 1. The first-order valence-corrected chi connectivity index (χ1v) is 36.8. The Labute approximate surface area is 574 Å². The van der Waals surface area contributed by atoms with E-state index in [-0.39, 0.29) is 66.6 Å². The van der Waals surface area contributed by atoms with Gasteiger partial charge in [0, 0.05) is 24.8 Å². The Morgan fingerprint density at radius 1 is 0.422 bits per heavy atom. The third-order valence-electron chi connectivity index (χ3n) is 13.4. The van der Waals surface area contributed by atoms with Crippen LogP contribution in [0.2, 0.25) is 0 Å². The van der Waals surface area contributed by atoms with Crippen LogP contribution >= 0.6 is 46.9 Å². The monoisotopic (exact) mass is 1590 g/mol. The molecule has 0 amide bonds. The highest BCUT2D eigenvalue weighted by molar-refractivity contribution is 7.66. The molecular weight excluding hydrogens is 1520 g/mol. The van der Waals surface area contributed by atoms with Crippen molar-refractivity contribution >= 4 is 76.2 Å². The maximum Gasteiger partial charge on any atom is 0.490 e. The molecule has 8 heterocycles. The smallest absolute Gasteiger partial charge is 0.463 e. The number of hydroxylamine groups is 4. The number of nitrogens with zero attached hydrogens (tertiary/aromatic N) is 8. The fourth-order valence-electron chi connectivity index (χ4n) is 8.74. The molecule has 0 aliphatic carbocycles. The van der Waals surface area contributed by atoms with Gasteiger partial charge in [0.25, 0.3) is 0 Å². The van der Waals surface area contributed by atoms with E-state index in [1.807, 2.05) is 11.0 Å². The first kappa shape index (κ1) is 89.0. The fourth-order valence-corrected chi connectivity index (χ4v) is 13.7. The van der Waals surface area contributed by atoms with E-state index in [4.69, 9.17) is 78.8 Å². The Morgan fingerprint density at radius 3 is 0.902 bits per heavy atom. The van der Waals surface area contributed by atoms with E-state index in [0.29, 0.717) is 0 Å². The van der Waals surface area contributed by atoms with Crippen LogP contribution in [0.1, 0.15) is 21.3 Å². The van der Waals surface area contributed by atoms with E-state index in [1.165, 1.54) is 68.7 Å². The van der Waals surface area contributed by atoms with Gasteiger partial charge < -0.3 is 128 Å². The number of nitrogens with one attached hydrogen (secondary N) is 4. The molecule has 3 unspecified atom stereocenters. The molecule has 0 aromatic rings. The lowest BCUT2D eigenvalue weighted by molar-refractivity contribution is -0.154. The number of rotatable bonds is 22. The summed E-state index contributed by atoms with van der Waals surface area (Å²) in [5.74, 6) is 0.0354. The molecule has 580 valence electrons. The number of hydrogen-bond donors (Lipinski definition) is 25. The summed E-state index contributed by atoms with van der Waals surface area (Å²) in [6.07, 6.45) is -9.97. The summed E-state index contributed by atoms with van der Waals surface area (Å²) in [4.78, 5) is 111. The molecule has 0 aromatic carbocycles. The van der Waals surface area contributed by atoms with Crippen LogP contribution in [0.15, 0.2) is 119 Å². The molecule has 4 fully saturated rings. The molecular formula is C45H76N12O39P6. The van der Waals surface area contributed by atoms with Gasteiger partial charge in [-0.05, 0) is 24.3 Å². The number of hydrogen-bond acceptors (Lipinski definition) is 42. The second-order valence-electron chi connectivity index (χ2n) is 21.0. The number of aliphatic hydroxyl groups excluding tert-OH is 8. The average molecular weight is 1590 g/mol. The SMILES string of the molecule is C.C=C1N=C(NO)C=CN1[C@@H]1O[C@H](COC(=O)C(C)C)[C@@H](O)[C@H]1O.C=C1N=C(NO)C=CN1[C@@H]1O[C@H](COP(=O)(O)O)[C@@H](O)[C@H]1O.C=C1N=C(NO)C=CN1[C@@H]1O[C@H](COP(=O)(O)OP(=O)(O)O)[C@@H](O)[C@H]1O.C=C1N=C(NO)C=CN1[C@@H]1O[C@H](COP(=O)(O)OP(=O)(O)OP(=O)(O)O)[C@@H](O)[C@H]1O. The van der Waals surface area contributed by atoms with Gasteiger partial charge in [0.05, 0.1) is 25.7 Å². The number of esters is 1. The lowest BCUT2D eigenvalue weighted by Gasteiger charge is -2.30. The molecule has 0 aromatic heterocycles. The van der Waals surface area contributed by atoms with E-state index >= 15 is 0 Å². The Bertz CT molecular complexity index is 3550. The van der Waals surface area contributed by atoms with Crippen LogP contribution in [0.3, 0.4) is 0 Å². The number of amidine groups is 4. The normalized spacial score (nSPS) is 31.1. The summed E-state index contributed by atoms with van der Waals surface area (Å²) in [5.41, 5.74) is 7.28. The average Bonchev–Trinajstić information content (AvgIpc) is 1.66. The number of aliphatic imine (C=N–C) groups is 4. The molecule has 25 N–H and O–H groups in total.